The second kappa shape index (κ2) is 10.9. The summed E-state index contributed by atoms with van der Waals surface area (Å²) in [4.78, 5) is 35.9. The number of guanidine groups is 1. The number of anilines is 1. The van der Waals surface area contributed by atoms with Crippen molar-refractivity contribution in [3.05, 3.63) is 40.6 Å². The van der Waals surface area contributed by atoms with Gasteiger partial charge in [0.05, 0.1) is 25.5 Å². The number of para-hydroxylation sites is 1. The second-order valence-electron chi connectivity index (χ2n) is 7.26. The van der Waals surface area contributed by atoms with Gasteiger partial charge in [-0.25, -0.2) is 14.6 Å². The molecule has 10 heteroatoms. The van der Waals surface area contributed by atoms with Crippen LogP contribution in [0.2, 0.25) is 0 Å². The molecule has 1 aromatic heterocycles. The van der Waals surface area contributed by atoms with Gasteiger partial charge >= 0.3 is 5.97 Å². The molecular formula is C21H28N5O4S+. The molecule has 3 rings (SSSR count). The molecule has 166 valence electrons. The summed E-state index contributed by atoms with van der Waals surface area (Å²) in [6.45, 7) is 1.46. The number of ether oxygens (including phenoxy) is 1. The third kappa shape index (κ3) is 6.03. The summed E-state index contributed by atoms with van der Waals surface area (Å²) in [5.74, 6) is 0.149. The molecule has 0 radical (unpaired) electrons. The molecule has 0 spiro atoms. The lowest BCUT2D eigenvalue weighted by Gasteiger charge is -2.32. The number of likely N-dealkylation sites (tertiary alicyclic amines) is 1. The van der Waals surface area contributed by atoms with Crippen LogP contribution < -0.4 is 16.5 Å². The minimum Gasteiger partial charge on any atom is -0.465 e. The fourth-order valence-electron chi connectivity index (χ4n) is 3.50. The first kappa shape index (κ1) is 22.7. The average Bonchev–Trinajstić information content (AvgIpc) is 3.23. The van der Waals surface area contributed by atoms with E-state index in [2.05, 4.69) is 10.3 Å². The molecule has 1 amide bonds. The Hall–Kier alpha value is -2.95. The van der Waals surface area contributed by atoms with Crippen LogP contribution in [0.1, 0.15) is 29.6 Å². The van der Waals surface area contributed by atoms with E-state index in [-0.39, 0.29) is 11.8 Å². The summed E-state index contributed by atoms with van der Waals surface area (Å²) in [6.07, 6.45) is 2.07. The Morgan fingerprint density at radius 3 is 2.71 bits per heavy atom. The number of nitrogens with one attached hydrogen (secondary N) is 1. The fraction of sp³-hybridized carbons (Fsp3) is 0.381. The van der Waals surface area contributed by atoms with Crippen molar-refractivity contribution in [3.63, 3.8) is 0 Å². The molecular weight excluding hydrogens is 418 g/mol. The van der Waals surface area contributed by atoms with Crippen molar-refractivity contribution in [2.24, 2.45) is 16.6 Å². The van der Waals surface area contributed by atoms with E-state index in [4.69, 9.17) is 15.3 Å². The number of quaternary nitrogens is 1. The van der Waals surface area contributed by atoms with Gasteiger partial charge in [-0.1, -0.05) is 12.1 Å². The SMILES string of the molecule is CO[NH2+]c1ccccc1N=C(N)N1CCC(CC(=O)Nc2cscc2C(=O)OC)CC1. The van der Waals surface area contributed by atoms with E-state index >= 15 is 0 Å². The van der Waals surface area contributed by atoms with E-state index in [0.717, 1.165) is 37.3 Å². The number of benzene rings is 1. The highest BCUT2D eigenvalue weighted by atomic mass is 32.1. The van der Waals surface area contributed by atoms with Crippen molar-refractivity contribution in [1.82, 2.24) is 4.90 Å². The number of nitrogens with zero attached hydrogens (tertiary/aromatic N) is 2. The molecule has 31 heavy (non-hydrogen) atoms. The predicted octanol–water partition coefficient (Wildman–Crippen LogP) is 1.98. The summed E-state index contributed by atoms with van der Waals surface area (Å²) in [7, 11) is 2.92. The Kier molecular flexibility index (Phi) is 7.99. The first-order valence-electron chi connectivity index (χ1n) is 10.00. The van der Waals surface area contributed by atoms with Gasteiger partial charge in [-0.05, 0) is 24.8 Å². The van der Waals surface area contributed by atoms with Gasteiger partial charge in [-0.3, -0.25) is 4.79 Å². The molecule has 1 fully saturated rings. The zero-order chi connectivity index (χ0) is 22.2. The van der Waals surface area contributed by atoms with E-state index in [1.54, 1.807) is 23.4 Å². The van der Waals surface area contributed by atoms with Gasteiger partial charge in [-0.2, -0.15) is 5.48 Å². The Morgan fingerprint density at radius 1 is 1.26 bits per heavy atom. The van der Waals surface area contributed by atoms with Crippen LogP contribution in [0.5, 0.6) is 0 Å². The Bertz CT molecular complexity index is 937. The van der Waals surface area contributed by atoms with Crippen LogP contribution in [0.25, 0.3) is 0 Å². The highest BCUT2D eigenvalue weighted by Crippen LogP contribution is 2.25. The van der Waals surface area contributed by atoms with Gasteiger partial charge < -0.3 is 20.7 Å². The van der Waals surface area contributed by atoms with Gasteiger partial charge in [0.1, 0.15) is 5.69 Å². The summed E-state index contributed by atoms with van der Waals surface area (Å²) in [5.41, 5.74) is 10.4. The van der Waals surface area contributed by atoms with Crippen LogP contribution in [-0.4, -0.2) is 50.0 Å². The molecule has 2 heterocycles. The number of amides is 1. The fourth-order valence-corrected chi connectivity index (χ4v) is 4.25. The molecule has 1 saturated heterocycles. The normalized spacial score (nSPS) is 15.0. The number of nitrogens with two attached hydrogens (primary N) is 2. The molecule has 1 aliphatic heterocycles. The van der Waals surface area contributed by atoms with Crippen LogP contribution in [0.15, 0.2) is 40.0 Å². The second-order valence-corrected chi connectivity index (χ2v) is 8.00. The minimum absolute atomic E-state index is 0.104. The lowest BCUT2D eigenvalue weighted by atomic mass is 9.93. The van der Waals surface area contributed by atoms with Crippen molar-refractivity contribution in [3.8, 4) is 0 Å². The van der Waals surface area contributed by atoms with Crippen molar-refractivity contribution >= 4 is 46.2 Å². The highest BCUT2D eigenvalue weighted by molar-refractivity contribution is 7.08. The number of esters is 1. The molecule has 0 bridgehead atoms. The number of thiophene rings is 1. The van der Waals surface area contributed by atoms with Crippen LogP contribution in [-0.2, 0) is 14.4 Å². The van der Waals surface area contributed by atoms with E-state index in [1.165, 1.54) is 18.4 Å². The number of hydrogen-bond acceptors (Lipinski definition) is 6. The molecule has 2 aromatic rings. The van der Waals surface area contributed by atoms with Gasteiger partial charge in [0.15, 0.2) is 11.6 Å². The summed E-state index contributed by atoms with van der Waals surface area (Å²) in [6, 6.07) is 7.63. The lowest BCUT2D eigenvalue weighted by molar-refractivity contribution is -0.829. The summed E-state index contributed by atoms with van der Waals surface area (Å²) in [5, 5.41) is 6.24. The summed E-state index contributed by atoms with van der Waals surface area (Å²) < 4.78 is 4.74. The van der Waals surface area contributed by atoms with E-state index in [1.807, 2.05) is 29.2 Å². The first-order chi connectivity index (χ1) is 15.0. The maximum absolute atomic E-state index is 12.5. The maximum Gasteiger partial charge on any atom is 0.340 e. The van der Waals surface area contributed by atoms with E-state index in [9.17, 15) is 9.59 Å². The zero-order valence-corrected chi connectivity index (χ0v) is 18.5. The average molecular weight is 447 g/mol. The van der Waals surface area contributed by atoms with Crippen LogP contribution in [0, 0.1) is 5.92 Å². The van der Waals surface area contributed by atoms with Crippen molar-refractivity contribution in [2.75, 3.05) is 32.6 Å². The number of piperidine rings is 1. The van der Waals surface area contributed by atoms with Crippen molar-refractivity contribution in [2.45, 2.75) is 19.3 Å². The third-order valence-electron chi connectivity index (χ3n) is 5.17. The predicted molar refractivity (Wildman–Crippen MR) is 120 cm³/mol. The minimum atomic E-state index is -0.454. The molecule has 9 nitrogen and oxygen atoms in total. The number of methoxy groups -OCH3 is 1. The van der Waals surface area contributed by atoms with Crippen LogP contribution in [0.3, 0.4) is 0 Å². The quantitative estimate of drug-likeness (QED) is 0.196. The largest absolute Gasteiger partial charge is 0.465 e. The van der Waals surface area contributed by atoms with Crippen LogP contribution in [0.4, 0.5) is 17.1 Å². The molecule has 1 aromatic carbocycles. The number of carbonyl (C=O) groups excluding carboxylic acids is 2. The molecule has 0 unspecified atom stereocenters. The standard InChI is InChI=1S/C21H27N5O4S/c1-29-20(28)15-12-31-13-18(15)23-19(27)11-14-7-9-26(10-8-14)21(22)24-16-5-3-4-6-17(16)25-30-2/h3-6,12-14,25H,7-11H2,1-2H3,(H2,22,24)(H,23,27)/p+1. The van der Waals surface area contributed by atoms with E-state index < -0.39 is 5.97 Å². The van der Waals surface area contributed by atoms with Crippen molar-refractivity contribution in [1.29, 1.82) is 0 Å². The number of rotatable bonds is 7. The molecule has 1 aliphatic rings. The smallest absolute Gasteiger partial charge is 0.340 e. The third-order valence-corrected chi connectivity index (χ3v) is 5.91. The Labute approximate surface area is 185 Å². The van der Waals surface area contributed by atoms with E-state index in [0.29, 0.717) is 23.6 Å². The lowest BCUT2D eigenvalue weighted by Crippen LogP contribution is -2.75. The zero-order valence-electron chi connectivity index (χ0n) is 17.7. The first-order valence-corrected chi connectivity index (χ1v) is 10.9. The summed E-state index contributed by atoms with van der Waals surface area (Å²) >= 11 is 1.35. The number of aliphatic imine (C=N–C) groups is 1. The number of carbonyl (C=O) groups is 2. The van der Waals surface area contributed by atoms with Crippen LogP contribution >= 0.6 is 11.3 Å². The van der Waals surface area contributed by atoms with Gasteiger partial charge in [-0.15, -0.1) is 11.3 Å². The Balaban J connectivity index is 1.52. The topological polar surface area (TPSA) is 123 Å². The van der Waals surface area contributed by atoms with Gasteiger partial charge in [0.2, 0.25) is 5.91 Å². The van der Waals surface area contributed by atoms with Gasteiger partial charge in [0, 0.05) is 36.3 Å². The van der Waals surface area contributed by atoms with Crippen molar-refractivity contribution < 1.29 is 24.6 Å². The monoisotopic (exact) mass is 446 g/mol. The molecule has 5 N–H and O–H groups in total. The maximum atomic E-state index is 12.5. The molecule has 0 aliphatic carbocycles. The Morgan fingerprint density at radius 2 is 2.00 bits per heavy atom. The molecule has 0 saturated carbocycles. The highest BCUT2D eigenvalue weighted by Gasteiger charge is 2.24. The number of hydrogen-bond donors (Lipinski definition) is 3. The molecule has 0 atom stereocenters. The van der Waals surface area contributed by atoms with Gasteiger partial charge in [0.25, 0.3) is 0 Å².